The van der Waals surface area contributed by atoms with Crippen molar-refractivity contribution in [3.63, 3.8) is 0 Å². The zero-order chi connectivity index (χ0) is 27.0. The maximum atomic E-state index is 12.3. The fourth-order valence-corrected chi connectivity index (χ4v) is 6.06. The maximum absolute atomic E-state index is 12.3. The first-order valence-electron chi connectivity index (χ1n) is 12.9. The minimum absolute atomic E-state index is 0.0608. The molecular formula is C25H43N7O3S2. The topological polar surface area (TPSA) is 184 Å². The van der Waals surface area contributed by atoms with Crippen molar-refractivity contribution >= 4 is 39.4 Å². The lowest BCUT2D eigenvalue weighted by Crippen LogP contribution is -2.45. The number of carbonyl (C=O) groups is 2. The zero-order valence-corrected chi connectivity index (χ0v) is 23.4. The maximum Gasteiger partial charge on any atom is 0.237 e. The van der Waals surface area contributed by atoms with Gasteiger partial charge in [-0.1, -0.05) is 41.0 Å². The van der Waals surface area contributed by atoms with Gasteiger partial charge in [0.2, 0.25) is 11.8 Å². The number of nitrogens with two attached hydrogens (primary N) is 4. The second kappa shape index (κ2) is 17.4. The van der Waals surface area contributed by atoms with Gasteiger partial charge < -0.3 is 38.3 Å². The number of unbranched alkanes of at least 4 members (excludes halogenated alkanes) is 2. The highest BCUT2D eigenvalue weighted by atomic mass is 33.1. The Morgan fingerprint density at radius 1 is 0.973 bits per heavy atom. The summed E-state index contributed by atoms with van der Waals surface area (Å²) in [5.74, 6) is 2.64. The molecule has 2 rings (SSSR count). The van der Waals surface area contributed by atoms with Crippen molar-refractivity contribution < 1.29 is 14.3 Å². The number of benzene rings is 1. The fraction of sp³-hybridized carbons (Fsp3) is 0.640. The van der Waals surface area contributed by atoms with E-state index < -0.39 is 12.1 Å². The van der Waals surface area contributed by atoms with Crippen LogP contribution in [0.5, 0.6) is 5.75 Å². The second-order valence-corrected chi connectivity index (χ2v) is 11.8. The molecule has 1 aliphatic heterocycles. The van der Waals surface area contributed by atoms with Crippen LogP contribution in [-0.4, -0.2) is 56.1 Å². The SMILES string of the molecule is CC(CCCCN=C(N)N)C(N)C(=O)NCCCCC(N)C(=O)NCCOc1ccc2c(c1)CSSC2. The summed E-state index contributed by atoms with van der Waals surface area (Å²) < 4.78 is 5.78. The van der Waals surface area contributed by atoms with Gasteiger partial charge in [-0.15, -0.1) is 0 Å². The quantitative estimate of drug-likeness (QED) is 0.0721. The number of nitrogens with one attached hydrogen (secondary N) is 2. The van der Waals surface area contributed by atoms with E-state index in [0.717, 1.165) is 49.4 Å². The molecule has 208 valence electrons. The van der Waals surface area contributed by atoms with Gasteiger partial charge in [0.1, 0.15) is 12.4 Å². The van der Waals surface area contributed by atoms with E-state index in [9.17, 15) is 9.59 Å². The summed E-state index contributed by atoms with van der Waals surface area (Å²) in [6.45, 7) is 3.84. The van der Waals surface area contributed by atoms with Gasteiger partial charge in [-0.3, -0.25) is 14.6 Å². The molecule has 0 saturated carbocycles. The molecule has 12 heteroatoms. The van der Waals surface area contributed by atoms with E-state index in [1.807, 2.05) is 34.6 Å². The molecule has 10 N–H and O–H groups in total. The Kier molecular flexibility index (Phi) is 14.6. The smallest absolute Gasteiger partial charge is 0.237 e. The Morgan fingerprint density at radius 2 is 1.68 bits per heavy atom. The van der Waals surface area contributed by atoms with Crippen molar-refractivity contribution in [2.24, 2.45) is 33.8 Å². The number of carbonyl (C=O) groups excluding carboxylic acids is 2. The van der Waals surface area contributed by atoms with Crippen molar-refractivity contribution in [1.29, 1.82) is 0 Å². The molecule has 3 unspecified atom stereocenters. The van der Waals surface area contributed by atoms with Crippen LogP contribution in [0, 0.1) is 5.92 Å². The van der Waals surface area contributed by atoms with E-state index in [4.69, 9.17) is 27.7 Å². The molecule has 1 heterocycles. The third kappa shape index (κ3) is 12.3. The lowest BCUT2D eigenvalue weighted by molar-refractivity contribution is -0.124. The molecule has 0 fully saturated rings. The molecule has 1 aromatic rings. The third-order valence-corrected chi connectivity index (χ3v) is 8.45. The van der Waals surface area contributed by atoms with E-state index in [2.05, 4.69) is 27.8 Å². The third-order valence-electron chi connectivity index (χ3n) is 6.22. The van der Waals surface area contributed by atoms with Gasteiger partial charge >= 0.3 is 0 Å². The molecule has 0 bridgehead atoms. The molecule has 0 spiro atoms. The summed E-state index contributed by atoms with van der Waals surface area (Å²) in [4.78, 5) is 28.5. The van der Waals surface area contributed by atoms with Crippen molar-refractivity contribution in [2.75, 3.05) is 26.2 Å². The molecule has 10 nitrogen and oxygen atoms in total. The molecule has 0 radical (unpaired) electrons. The van der Waals surface area contributed by atoms with Gasteiger partial charge in [-0.05, 0) is 61.3 Å². The highest BCUT2D eigenvalue weighted by Gasteiger charge is 2.20. The summed E-state index contributed by atoms with van der Waals surface area (Å²) >= 11 is 0. The summed E-state index contributed by atoms with van der Waals surface area (Å²) in [6.07, 6.45) is 4.58. The van der Waals surface area contributed by atoms with Gasteiger partial charge in [0.25, 0.3) is 0 Å². The average molecular weight is 554 g/mol. The van der Waals surface area contributed by atoms with Gasteiger partial charge in [-0.25, -0.2) is 0 Å². The Balaban J connectivity index is 1.51. The van der Waals surface area contributed by atoms with E-state index >= 15 is 0 Å². The Bertz CT molecular complexity index is 884. The van der Waals surface area contributed by atoms with Crippen molar-refractivity contribution in [3.8, 4) is 5.75 Å². The number of nitrogens with zero attached hydrogens (tertiary/aromatic N) is 1. The number of ether oxygens (including phenoxy) is 1. The van der Waals surface area contributed by atoms with Gasteiger partial charge in [-0.2, -0.15) is 0 Å². The number of aliphatic imine (C=N–C) groups is 1. The molecule has 1 aromatic carbocycles. The van der Waals surface area contributed by atoms with E-state index in [1.54, 1.807) is 0 Å². The number of hydrogen-bond acceptors (Lipinski definition) is 8. The van der Waals surface area contributed by atoms with Crippen LogP contribution in [0.2, 0.25) is 0 Å². The average Bonchev–Trinajstić information content (AvgIpc) is 2.89. The first kappa shape index (κ1) is 31.1. The normalized spacial score (nSPS) is 15.1. The summed E-state index contributed by atoms with van der Waals surface area (Å²) in [7, 11) is 3.72. The first-order valence-corrected chi connectivity index (χ1v) is 15.4. The lowest BCUT2D eigenvalue weighted by Gasteiger charge is -2.19. The van der Waals surface area contributed by atoms with Crippen LogP contribution >= 0.6 is 21.6 Å². The zero-order valence-electron chi connectivity index (χ0n) is 21.7. The number of hydrogen-bond donors (Lipinski definition) is 6. The molecule has 0 aliphatic carbocycles. The Labute approximate surface area is 228 Å². The summed E-state index contributed by atoms with van der Waals surface area (Å²) in [5, 5.41) is 5.71. The summed E-state index contributed by atoms with van der Waals surface area (Å²) in [6, 6.07) is 5.03. The molecule has 0 saturated heterocycles. The van der Waals surface area contributed by atoms with Crippen molar-refractivity contribution in [1.82, 2.24) is 10.6 Å². The van der Waals surface area contributed by atoms with E-state index in [-0.39, 0.29) is 23.7 Å². The fourth-order valence-electron chi connectivity index (χ4n) is 3.83. The highest BCUT2D eigenvalue weighted by molar-refractivity contribution is 8.76. The van der Waals surface area contributed by atoms with Crippen LogP contribution in [0.1, 0.15) is 56.6 Å². The number of fused-ring (bicyclic) bond motifs is 1. The molecule has 0 aromatic heterocycles. The second-order valence-electron chi connectivity index (χ2n) is 9.29. The predicted octanol–water partition coefficient (Wildman–Crippen LogP) is 1.60. The first-order chi connectivity index (χ1) is 17.8. The van der Waals surface area contributed by atoms with Gasteiger partial charge in [0.15, 0.2) is 5.96 Å². The highest BCUT2D eigenvalue weighted by Crippen LogP contribution is 2.38. The molecule has 3 atom stereocenters. The minimum atomic E-state index is -0.588. The van der Waals surface area contributed by atoms with E-state index in [1.165, 1.54) is 11.1 Å². The predicted molar refractivity (Wildman–Crippen MR) is 154 cm³/mol. The molecule has 37 heavy (non-hydrogen) atoms. The standard InChI is InChI=1S/C25H43N7O3S2/c1-17(6-2-4-11-32-25(28)29)22(27)24(34)30-10-5-3-7-21(26)23(33)31-12-13-35-20-9-8-18-15-36-37-16-19(18)14-20/h8-9,14,17,21-22H,2-7,10-13,15-16,26-27H2,1H3,(H,30,34)(H,31,33)(H4,28,29,32). The number of amides is 2. The minimum Gasteiger partial charge on any atom is -0.492 e. The van der Waals surface area contributed by atoms with Gasteiger partial charge in [0, 0.05) is 24.6 Å². The van der Waals surface area contributed by atoms with Gasteiger partial charge in [0.05, 0.1) is 18.6 Å². The number of guanidine groups is 1. The largest absolute Gasteiger partial charge is 0.492 e. The van der Waals surface area contributed by atoms with Crippen LogP contribution in [0.3, 0.4) is 0 Å². The van der Waals surface area contributed by atoms with E-state index in [0.29, 0.717) is 32.7 Å². The molecule has 2 amide bonds. The Hall–Kier alpha value is -2.15. The number of rotatable bonds is 17. The molecule has 1 aliphatic rings. The van der Waals surface area contributed by atoms with Crippen LogP contribution in [-0.2, 0) is 21.1 Å². The lowest BCUT2D eigenvalue weighted by atomic mass is 9.95. The van der Waals surface area contributed by atoms with Crippen LogP contribution in [0.25, 0.3) is 0 Å². The summed E-state index contributed by atoms with van der Waals surface area (Å²) in [5.41, 5.74) is 25.4. The van der Waals surface area contributed by atoms with Crippen LogP contribution < -0.4 is 38.3 Å². The van der Waals surface area contributed by atoms with Crippen molar-refractivity contribution in [2.45, 2.75) is 69.0 Å². The monoisotopic (exact) mass is 553 g/mol. The molecular weight excluding hydrogens is 510 g/mol. The van der Waals surface area contributed by atoms with Crippen molar-refractivity contribution in [3.05, 3.63) is 29.3 Å². The Morgan fingerprint density at radius 3 is 2.43 bits per heavy atom. The van der Waals surface area contributed by atoms with Crippen LogP contribution in [0.15, 0.2) is 23.2 Å². The van der Waals surface area contributed by atoms with Crippen LogP contribution in [0.4, 0.5) is 0 Å².